The van der Waals surface area contributed by atoms with Crippen LogP contribution in [0.25, 0.3) is 60.4 Å². The molecule has 4 heterocycles. The molecule has 4 heteroatoms. The summed E-state index contributed by atoms with van der Waals surface area (Å²) in [5.41, 5.74) is 12.0. The number of hydrogen-bond donors (Lipinski definition) is 0. The number of aromatic nitrogens is 3. The van der Waals surface area contributed by atoms with Crippen LogP contribution in [0, 0.1) is 0 Å². The quantitative estimate of drug-likeness (QED) is 0.193. The van der Waals surface area contributed by atoms with Gasteiger partial charge in [0.05, 0.1) is 16.6 Å². The SMILES string of the molecule is C1=CC2=[N+](c3cccc(-c4cccnc4)c3)c3cccc4c5cc6c(cc5n(c34)C2C=C1)c1ccccc1n6-c1ccccc1. The van der Waals surface area contributed by atoms with Crippen LogP contribution in [0.3, 0.4) is 0 Å². The fourth-order valence-corrected chi connectivity index (χ4v) is 7.60. The van der Waals surface area contributed by atoms with E-state index in [9.17, 15) is 0 Å². The van der Waals surface area contributed by atoms with E-state index in [1.165, 1.54) is 60.7 Å². The molecular weight excluding hydrogens is 548 g/mol. The summed E-state index contributed by atoms with van der Waals surface area (Å²) in [7, 11) is 0. The van der Waals surface area contributed by atoms with Gasteiger partial charge in [0.15, 0.2) is 0 Å². The highest BCUT2D eigenvalue weighted by atomic mass is 15.2. The van der Waals surface area contributed by atoms with Crippen molar-refractivity contribution in [2.45, 2.75) is 6.04 Å². The lowest BCUT2D eigenvalue weighted by molar-refractivity contribution is 0.781. The van der Waals surface area contributed by atoms with E-state index in [1.807, 2.05) is 18.5 Å². The van der Waals surface area contributed by atoms with Gasteiger partial charge in [-0.15, -0.1) is 0 Å². The molecular formula is C41H27N4+. The van der Waals surface area contributed by atoms with Crippen molar-refractivity contribution >= 4 is 60.7 Å². The number of hydrogen-bond acceptors (Lipinski definition) is 1. The molecule has 1 aliphatic heterocycles. The molecule has 1 atom stereocenters. The van der Waals surface area contributed by atoms with Gasteiger partial charge in [-0.2, -0.15) is 4.58 Å². The predicted molar refractivity (Wildman–Crippen MR) is 187 cm³/mol. The van der Waals surface area contributed by atoms with Crippen LogP contribution in [-0.4, -0.2) is 19.8 Å². The number of benzene rings is 5. The molecule has 0 amide bonds. The number of para-hydroxylation sites is 3. The van der Waals surface area contributed by atoms with Gasteiger partial charge in [0.1, 0.15) is 11.6 Å². The van der Waals surface area contributed by atoms with E-state index in [-0.39, 0.29) is 6.04 Å². The molecule has 210 valence electrons. The van der Waals surface area contributed by atoms with Gasteiger partial charge < -0.3 is 9.13 Å². The molecule has 0 radical (unpaired) electrons. The molecule has 2 aliphatic rings. The fourth-order valence-electron chi connectivity index (χ4n) is 7.60. The second-order valence-electron chi connectivity index (χ2n) is 11.9. The number of pyridine rings is 1. The standard InChI is InChI=1S/C41H27N4/c1-2-13-29(14-3-1)43-35-18-5-4-16-31(35)33-24-40-34(25-39(33)43)32-17-9-21-38-41(32)45(40)37-20-7-6-19-36(37)44(38)30-15-8-11-27(23-30)28-12-10-22-42-26-28/h1-26,37H/q+1. The Balaban J connectivity index is 1.29. The number of allylic oxidation sites excluding steroid dienone is 4. The lowest BCUT2D eigenvalue weighted by Crippen LogP contribution is -2.30. The van der Waals surface area contributed by atoms with Crippen molar-refractivity contribution in [2.24, 2.45) is 0 Å². The summed E-state index contributed by atoms with van der Waals surface area (Å²) in [6.07, 6.45) is 12.7. The van der Waals surface area contributed by atoms with Crippen molar-refractivity contribution in [3.63, 3.8) is 0 Å². The first kappa shape index (κ1) is 24.4. The summed E-state index contributed by atoms with van der Waals surface area (Å²) in [6.45, 7) is 0. The second kappa shape index (κ2) is 9.25. The molecule has 4 nitrogen and oxygen atoms in total. The Morgan fingerprint density at radius 3 is 2.31 bits per heavy atom. The molecule has 45 heavy (non-hydrogen) atoms. The molecule has 10 rings (SSSR count). The summed E-state index contributed by atoms with van der Waals surface area (Å²) in [5.74, 6) is 0. The van der Waals surface area contributed by atoms with Crippen LogP contribution in [0.4, 0.5) is 11.4 Å². The molecule has 0 bridgehead atoms. The van der Waals surface area contributed by atoms with Gasteiger partial charge >= 0.3 is 0 Å². The zero-order chi connectivity index (χ0) is 29.5. The molecule has 5 aromatic carbocycles. The van der Waals surface area contributed by atoms with E-state index in [4.69, 9.17) is 0 Å². The van der Waals surface area contributed by atoms with Crippen LogP contribution < -0.4 is 4.58 Å². The molecule has 0 N–H and O–H groups in total. The van der Waals surface area contributed by atoms with Crippen molar-refractivity contribution in [1.29, 1.82) is 0 Å². The minimum Gasteiger partial charge on any atom is -0.318 e. The van der Waals surface area contributed by atoms with E-state index in [1.54, 1.807) is 0 Å². The maximum atomic E-state index is 4.37. The molecule has 0 saturated carbocycles. The van der Waals surface area contributed by atoms with Crippen LogP contribution in [0.5, 0.6) is 0 Å². The highest BCUT2D eigenvalue weighted by Crippen LogP contribution is 2.46. The number of nitrogens with zero attached hydrogens (tertiary/aromatic N) is 4. The Morgan fingerprint density at radius 1 is 0.600 bits per heavy atom. The lowest BCUT2D eigenvalue weighted by Gasteiger charge is -2.24. The molecule has 1 aliphatic carbocycles. The third kappa shape index (κ3) is 3.42. The van der Waals surface area contributed by atoms with Crippen LogP contribution in [0.1, 0.15) is 6.04 Å². The largest absolute Gasteiger partial charge is 0.318 e. The van der Waals surface area contributed by atoms with Gasteiger partial charge in [-0.25, -0.2) is 0 Å². The van der Waals surface area contributed by atoms with E-state index in [0.717, 1.165) is 16.8 Å². The maximum absolute atomic E-state index is 4.37. The molecule has 1 unspecified atom stereocenters. The Morgan fingerprint density at radius 2 is 1.40 bits per heavy atom. The fraction of sp³-hybridized carbons (Fsp3) is 0.0244. The molecule has 8 aromatic rings. The van der Waals surface area contributed by atoms with Crippen molar-refractivity contribution < 1.29 is 0 Å². The summed E-state index contributed by atoms with van der Waals surface area (Å²) >= 11 is 0. The van der Waals surface area contributed by atoms with Gasteiger partial charge in [0.2, 0.25) is 17.1 Å². The summed E-state index contributed by atoms with van der Waals surface area (Å²) in [5, 5.41) is 5.08. The summed E-state index contributed by atoms with van der Waals surface area (Å²) < 4.78 is 7.42. The monoisotopic (exact) mass is 575 g/mol. The topological polar surface area (TPSA) is 25.8 Å². The van der Waals surface area contributed by atoms with E-state index in [2.05, 4.69) is 158 Å². The van der Waals surface area contributed by atoms with Gasteiger partial charge in [-0.3, -0.25) is 4.98 Å². The first-order chi connectivity index (χ1) is 22.3. The molecule has 0 saturated heterocycles. The van der Waals surface area contributed by atoms with Crippen molar-refractivity contribution in [1.82, 2.24) is 18.7 Å². The van der Waals surface area contributed by atoms with E-state index < -0.39 is 0 Å². The molecule has 0 spiro atoms. The van der Waals surface area contributed by atoms with Crippen molar-refractivity contribution in [2.75, 3.05) is 0 Å². The predicted octanol–water partition coefficient (Wildman–Crippen LogP) is 9.91. The maximum Gasteiger partial charge on any atom is 0.235 e. The zero-order valence-corrected chi connectivity index (χ0v) is 24.4. The minimum atomic E-state index is 0.0619. The van der Waals surface area contributed by atoms with E-state index in [0.29, 0.717) is 0 Å². The third-order valence-corrected chi connectivity index (χ3v) is 9.46. The Bertz CT molecular complexity index is 2580. The number of fused-ring (bicyclic) bond motifs is 8. The average Bonchev–Trinajstić information content (AvgIpc) is 3.61. The first-order valence-corrected chi connectivity index (χ1v) is 15.4. The first-order valence-electron chi connectivity index (χ1n) is 15.4. The van der Waals surface area contributed by atoms with Crippen LogP contribution in [-0.2, 0) is 0 Å². The zero-order valence-electron chi connectivity index (χ0n) is 24.4. The van der Waals surface area contributed by atoms with Crippen LogP contribution in [0.2, 0.25) is 0 Å². The van der Waals surface area contributed by atoms with E-state index >= 15 is 0 Å². The second-order valence-corrected chi connectivity index (χ2v) is 11.9. The van der Waals surface area contributed by atoms with Gasteiger partial charge in [-0.1, -0.05) is 85.0 Å². The molecule has 3 aromatic heterocycles. The van der Waals surface area contributed by atoms with Gasteiger partial charge in [0.25, 0.3) is 0 Å². The number of rotatable bonds is 3. The van der Waals surface area contributed by atoms with Crippen LogP contribution >= 0.6 is 0 Å². The minimum absolute atomic E-state index is 0.0619. The van der Waals surface area contributed by atoms with Gasteiger partial charge in [0, 0.05) is 69.5 Å². The highest BCUT2D eigenvalue weighted by Gasteiger charge is 2.37. The smallest absolute Gasteiger partial charge is 0.235 e. The average molecular weight is 576 g/mol. The van der Waals surface area contributed by atoms with Gasteiger partial charge in [-0.05, 0) is 42.0 Å². The Labute approximate surface area is 259 Å². The van der Waals surface area contributed by atoms with Crippen LogP contribution in [0.15, 0.2) is 158 Å². The Hall–Kier alpha value is -6.00. The third-order valence-electron chi connectivity index (χ3n) is 9.46. The Kier molecular flexibility index (Phi) is 5.02. The normalized spacial score (nSPS) is 15.5. The van der Waals surface area contributed by atoms with Crippen molar-refractivity contribution in [3.8, 4) is 16.8 Å². The highest BCUT2D eigenvalue weighted by molar-refractivity contribution is 6.22. The summed E-state index contributed by atoms with van der Waals surface area (Å²) in [4.78, 5) is 4.37. The molecule has 0 fully saturated rings. The summed E-state index contributed by atoms with van der Waals surface area (Å²) in [6, 6.07) is 44.1. The van der Waals surface area contributed by atoms with Crippen molar-refractivity contribution in [3.05, 3.63) is 158 Å². The lowest BCUT2D eigenvalue weighted by atomic mass is 10.0.